The second kappa shape index (κ2) is 10.9. The lowest BCUT2D eigenvalue weighted by Gasteiger charge is -2.41. The number of hydrogen-bond acceptors (Lipinski definition) is 3. The number of likely N-dealkylation sites (tertiary alicyclic amines) is 1. The molecule has 2 atom stereocenters. The van der Waals surface area contributed by atoms with Crippen molar-refractivity contribution in [1.29, 1.82) is 0 Å². The van der Waals surface area contributed by atoms with Gasteiger partial charge in [0.05, 0.1) is 0 Å². The van der Waals surface area contributed by atoms with Crippen LogP contribution in [-0.2, 0) is 11.3 Å². The third-order valence-corrected chi connectivity index (χ3v) is 4.27. The highest BCUT2D eigenvalue weighted by molar-refractivity contribution is 5.85. The summed E-state index contributed by atoms with van der Waals surface area (Å²) in [6, 6.07) is 10.8. The SMILES string of the molecule is CC1CN(Cc2ccccc2)CC(C)C1NC(=O)CCN.Cl.Cl. The third kappa shape index (κ3) is 6.68. The molecule has 0 radical (unpaired) electrons. The summed E-state index contributed by atoms with van der Waals surface area (Å²) >= 11 is 0. The summed E-state index contributed by atoms with van der Waals surface area (Å²) in [6.45, 7) is 7.89. The first-order valence-corrected chi connectivity index (χ1v) is 7.86. The van der Waals surface area contributed by atoms with Crippen molar-refractivity contribution in [3.05, 3.63) is 35.9 Å². The van der Waals surface area contributed by atoms with E-state index in [9.17, 15) is 4.79 Å². The van der Waals surface area contributed by atoms with Crippen molar-refractivity contribution in [1.82, 2.24) is 10.2 Å². The monoisotopic (exact) mass is 361 g/mol. The lowest BCUT2D eigenvalue weighted by atomic mass is 9.85. The average Bonchev–Trinajstić information content (AvgIpc) is 2.44. The topological polar surface area (TPSA) is 58.4 Å². The second-order valence-electron chi connectivity index (χ2n) is 6.27. The zero-order valence-corrected chi connectivity index (χ0v) is 15.5. The quantitative estimate of drug-likeness (QED) is 0.846. The van der Waals surface area contributed by atoms with Crippen LogP contribution in [0.5, 0.6) is 0 Å². The van der Waals surface area contributed by atoms with Crippen molar-refractivity contribution in [2.75, 3.05) is 19.6 Å². The fourth-order valence-electron chi connectivity index (χ4n) is 3.32. The molecule has 1 aromatic rings. The number of rotatable bonds is 5. The maximum absolute atomic E-state index is 11.8. The van der Waals surface area contributed by atoms with Gasteiger partial charge in [-0.1, -0.05) is 44.2 Å². The van der Waals surface area contributed by atoms with E-state index in [2.05, 4.69) is 48.3 Å². The number of carbonyl (C=O) groups is 1. The van der Waals surface area contributed by atoms with Crippen LogP contribution >= 0.6 is 24.8 Å². The summed E-state index contributed by atoms with van der Waals surface area (Å²) in [7, 11) is 0. The molecule has 6 heteroatoms. The molecular formula is C17H29Cl2N3O. The highest BCUT2D eigenvalue weighted by atomic mass is 35.5. The standard InChI is InChI=1S/C17H27N3O.2ClH/c1-13-10-20(12-15-6-4-3-5-7-15)11-14(2)17(13)19-16(21)8-9-18;;/h3-7,13-14,17H,8-12,18H2,1-2H3,(H,19,21);2*1H. The van der Waals surface area contributed by atoms with E-state index < -0.39 is 0 Å². The number of nitrogens with two attached hydrogens (primary N) is 1. The number of carbonyl (C=O) groups excluding carboxylic acids is 1. The Hall–Kier alpha value is -0.810. The fourth-order valence-corrected chi connectivity index (χ4v) is 3.32. The summed E-state index contributed by atoms with van der Waals surface area (Å²) in [5.74, 6) is 0.996. The number of halogens is 2. The number of benzene rings is 1. The van der Waals surface area contributed by atoms with Gasteiger partial charge in [0.15, 0.2) is 0 Å². The van der Waals surface area contributed by atoms with E-state index in [-0.39, 0.29) is 36.8 Å². The van der Waals surface area contributed by atoms with Gasteiger partial charge < -0.3 is 11.1 Å². The molecule has 0 bridgehead atoms. The van der Waals surface area contributed by atoms with Crippen LogP contribution in [-0.4, -0.2) is 36.5 Å². The molecule has 23 heavy (non-hydrogen) atoms. The van der Waals surface area contributed by atoms with Crippen molar-refractivity contribution in [3.63, 3.8) is 0 Å². The minimum absolute atomic E-state index is 0. The van der Waals surface area contributed by atoms with E-state index >= 15 is 0 Å². The Morgan fingerprint density at radius 2 is 1.74 bits per heavy atom. The molecule has 2 unspecified atom stereocenters. The van der Waals surface area contributed by atoms with Crippen LogP contribution in [0.15, 0.2) is 30.3 Å². The number of hydrogen-bond donors (Lipinski definition) is 2. The van der Waals surface area contributed by atoms with Crippen molar-refractivity contribution >= 4 is 30.7 Å². The Kier molecular flexibility index (Phi) is 10.5. The Morgan fingerprint density at radius 1 is 1.17 bits per heavy atom. The normalized spacial score (nSPS) is 24.2. The molecule has 0 spiro atoms. The van der Waals surface area contributed by atoms with Crippen LogP contribution in [0.25, 0.3) is 0 Å². The predicted molar refractivity (Wildman–Crippen MR) is 100 cm³/mol. The first kappa shape index (κ1) is 22.2. The summed E-state index contributed by atoms with van der Waals surface area (Å²) in [5, 5.41) is 3.16. The summed E-state index contributed by atoms with van der Waals surface area (Å²) < 4.78 is 0. The molecule has 0 aromatic heterocycles. The van der Waals surface area contributed by atoms with Gasteiger partial charge in [-0.2, -0.15) is 0 Å². The largest absolute Gasteiger partial charge is 0.353 e. The molecule has 1 amide bonds. The molecule has 0 saturated carbocycles. The molecule has 2 rings (SSSR count). The molecule has 1 aromatic carbocycles. The molecule has 1 aliphatic rings. The zero-order chi connectivity index (χ0) is 15.2. The Balaban J connectivity index is 0.00000242. The highest BCUT2D eigenvalue weighted by Crippen LogP contribution is 2.23. The lowest BCUT2D eigenvalue weighted by Crippen LogP contribution is -2.54. The minimum Gasteiger partial charge on any atom is -0.353 e. The van der Waals surface area contributed by atoms with E-state index in [0.29, 0.717) is 24.8 Å². The lowest BCUT2D eigenvalue weighted by molar-refractivity contribution is -0.122. The Morgan fingerprint density at radius 3 is 2.26 bits per heavy atom. The number of piperidine rings is 1. The predicted octanol–water partition coefficient (Wildman–Crippen LogP) is 2.45. The Bertz CT molecular complexity index is 446. The first-order chi connectivity index (χ1) is 10.1. The molecule has 0 aliphatic carbocycles. The summed E-state index contributed by atoms with van der Waals surface area (Å²) in [6.07, 6.45) is 0.420. The molecule has 1 saturated heterocycles. The summed E-state index contributed by atoms with van der Waals surface area (Å²) in [4.78, 5) is 14.3. The van der Waals surface area contributed by atoms with Gasteiger partial charge in [-0.05, 0) is 17.4 Å². The molecule has 3 N–H and O–H groups in total. The van der Waals surface area contributed by atoms with Crippen LogP contribution in [0.1, 0.15) is 25.8 Å². The van der Waals surface area contributed by atoms with E-state index in [1.54, 1.807) is 0 Å². The van der Waals surface area contributed by atoms with Gasteiger partial charge in [0, 0.05) is 38.6 Å². The summed E-state index contributed by atoms with van der Waals surface area (Å²) in [5.41, 5.74) is 6.79. The van der Waals surface area contributed by atoms with Gasteiger partial charge in [-0.15, -0.1) is 24.8 Å². The smallest absolute Gasteiger partial charge is 0.221 e. The van der Waals surface area contributed by atoms with E-state index in [1.165, 1.54) is 5.56 Å². The first-order valence-electron chi connectivity index (χ1n) is 7.86. The zero-order valence-electron chi connectivity index (χ0n) is 13.9. The number of amides is 1. The van der Waals surface area contributed by atoms with E-state index in [4.69, 9.17) is 5.73 Å². The van der Waals surface area contributed by atoms with Crippen LogP contribution in [0.3, 0.4) is 0 Å². The number of nitrogens with one attached hydrogen (secondary N) is 1. The van der Waals surface area contributed by atoms with Crippen LogP contribution in [0, 0.1) is 11.8 Å². The molecule has 1 aliphatic heterocycles. The van der Waals surface area contributed by atoms with Crippen LogP contribution in [0.4, 0.5) is 0 Å². The molecule has 4 nitrogen and oxygen atoms in total. The molecular weight excluding hydrogens is 333 g/mol. The highest BCUT2D eigenvalue weighted by Gasteiger charge is 2.32. The molecule has 132 valence electrons. The van der Waals surface area contributed by atoms with Gasteiger partial charge in [0.1, 0.15) is 0 Å². The third-order valence-electron chi connectivity index (χ3n) is 4.27. The van der Waals surface area contributed by atoms with Gasteiger partial charge in [0.2, 0.25) is 5.91 Å². The van der Waals surface area contributed by atoms with Crippen molar-refractivity contribution in [2.24, 2.45) is 17.6 Å². The maximum Gasteiger partial charge on any atom is 0.221 e. The minimum atomic E-state index is 0. The van der Waals surface area contributed by atoms with Gasteiger partial charge in [-0.25, -0.2) is 0 Å². The Labute approximate surface area is 152 Å². The van der Waals surface area contributed by atoms with Gasteiger partial charge >= 0.3 is 0 Å². The molecule has 1 fully saturated rings. The van der Waals surface area contributed by atoms with Crippen molar-refractivity contribution in [3.8, 4) is 0 Å². The van der Waals surface area contributed by atoms with E-state index in [0.717, 1.165) is 19.6 Å². The van der Waals surface area contributed by atoms with Crippen molar-refractivity contribution < 1.29 is 4.79 Å². The molecule has 1 heterocycles. The number of nitrogens with zero attached hydrogens (tertiary/aromatic N) is 1. The second-order valence-corrected chi connectivity index (χ2v) is 6.27. The average molecular weight is 362 g/mol. The van der Waals surface area contributed by atoms with Gasteiger partial charge in [0.25, 0.3) is 0 Å². The van der Waals surface area contributed by atoms with E-state index in [1.807, 2.05) is 6.07 Å². The van der Waals surface area contributed by atoms with Crippen LogP contribution in [0.2, 0.25) is 0 Å². The van der Waals surface area contributed by atoms with Gasteiger partial charge in [-0.3, -0.25) is 9.69 Å². The maximum atomic E-state index is 11.8. The fraction of sp³-hybridized carbons (Fsp3) is 0.588. The van der Waals surface area contributed by atoms with Crippen molar-refractivity contribution in [2.45, 2.75) is 32.9 Å². The van der Waals surface area contributed by atoms with Crippen LogP contribution < -0.4 is 11.1 Å².